The van der Waals surface area contributed by atoms with Crippen LogP contribution in [0.5, 0.6) is 0 Å². The number of hydrogen-bond donors (Lipinski definition) is 0. The van der Waals surface area contributed by atoms with Crippen molar-refractivity contribution in [2.24, 2.45) is 5.92 Å². The van der Waals surface area contributed by atoms with Gasteiger partial charge in [0.1, 0.15) is 0 Å². The van der Waals surface area contributed by atoms with Gasteiger partial charge in [-0.1, -0.05) is 19.1 Å². The number of carbonyl (C=O) groups is 1. The molecule has 0 N–H and O–H groups in total. The van der Waals surface area contributed by atoms with E-state index in [4.69, 9.17) is 4.74 Å². The van der Waals surface area contributed by atoms with Gasteiger partial charge in [-0.05, 0) is 53.6 Å². The molecule has 0 saturated carbocycles. The van der Waals surface area contributed by atoms with Crippen LogP contribution in [-0.4, -0.2) is 12.6 Å². The highest BCUT2D eigenvalue weighted by Gasteiger charge is 2.14. The third kappa shape index (κ3) is 4.20. The van der Waals surface area contributed by atoms with Gasteiger partial charge >= 0.3 is 5.97 Å². The Balaban J connectivity index is 2.58. The third-order valence-electron chi connectivity index (χ3n) is 2.12. The minimum absolute atomic E-state index is 0.0665. The average Bonchev–Trinajstić information content (AvgIpc) is 2.18. The number of carbonyl (C=O) groups excluding carboxylic acids is 1. The summed E-state index contributed by atoms with van der Waals surface area (Å²) in [4.78, 5) is 11.4. The minimum Gasteiger partial charge on any atom is -0.466 e. The van der Waals surface area contributed by atoms with Gasteiger partial charge in [0, 0.05) is 3.57 Å². The maximum atomic E-state index is 11.4. The fourth-order valence-electron chi connectivity index (χ4n) is 1.39. The molecule has 0 aliphatic heterocycles. The van der Waals surface area contributed by atoms with E-state index in [2.05, 4.69) is 28.7 Å². The van der Waals surface area contributed by atoms with E-state index in [1.807, 2.05) is 32.0 Å². The Labute approximate surface area is 104 Å². The Morgan fingerprint density at radius 2 is 2.27 bits per heavy atom. The zero-order valence-corrected chi connectivity index (χ0v) is 11.2. The van der Waals surface area contributed by atoms with E-state index in [0.717, 1.165) is 6.42 Å². The van der Waals surface area contributed by atoms with E-state index in [0.29, 0.717) is 6.61 Å². The van der Waals surface area contributed by atoms with Gasteiger partial charge < -0.3 is 4.74 Å². The highest BCUT2D eigenvalue weighted by Crippen LogP contribution is 2.13. The number of hydrogen-bond acceptors (Lipinski definition) is 2. The summed E-state index contributed by atoms with van der Waals surface area (Å²) >= 11 is 2.27. The van der Waals surface area contributed by atoms with Gasteiger partial charge in [-0.2, -0.15) is 0 Å². The molecule has 0 spiro atoms. The molecule has 1 aromatic rings. The third-order valence-corrected chi connectivity index (χ3v) is 2.79. The van der Waals surface area contributed by atoms with Crippen molar-refractivity contribution in [3.63, 3.8) is 0 Å². The van der Waals surface area contributed by atoms with Crippen LogP contribution < -0.4 is 0 Å². The van der Waals surface area contributed by atoms with Gasteiger partial charge in [0.2, 0.25) is 0 Å². The van der Waals surface area contributed by atoms with Crippen molar-refractivity contribution in [2.75, 3.05) is 6.61 Å². The molecule has 2 nitrogen and oxygen atoms in total. The Hall–Kier alpha value is -0.580. The molecule has 0 heterocycles. The summed E-state index contributed by atoms with van der Waals surface area (Å²) in [5, 5.41) is 0. The lowest BCUT2D eigenvalue weighted by molar-refractivity contribution is -0.147. The van der Waals surface area contributed by atoms with E-state index in [9.17, 15) is 4.79 Å². The zero-order chi connectivity index (χ0) is 11.3. The summed E-state index contributed by atoms with van der Waals surface area (Å²) in [6.07, 6.45) is 0.746. The Morgan fingerprint density at radius 1 is 1.53 bits per heavy atom. The first kappa shape index (κ1) is 12.5. The first-order valence-corrected chi connectivity index (χ1v) is 6.12. The first-order chi connectivity index (χ1) is 7.13. The van der Waals surface area contributed by atoms with Crippen LogP contribution in [0.15, 0.2) is 24.3 Å². The molecular weight excluding hydrogens is 303 g/mol. The van der Waals surface area contributed by atoms with Crippen LogP contribution in [0.3, 0.4) is 0 Å². The largest absolute Gasteiger partial charge is 0.466 e. The van der Waals surface area contributed by atoms with Gasteiger partial charge in [-0.25, -0.2) is 0 Å². The lowest BCUT2D eigenvalue weighted by Crippen LogP contribution is -2.16. The summed E-state index contributed by atoms with van der Waals surface area (Å²) in [5.74, 6) is -0.181. The van der Waals surface area contributed by atoms with Crippen LogP contribution in [-0.2, 0) is 16.0 Å². The number of benzene rings is 1. The Kier molecular flexibility index (Phi) is 5.08. The molecule has 82 valence electrons. The number of halogens is 1. The highest BCUT2D eigenvalue weighted by molar-refractivity contribution is 14.1. The van der Waals surface area contributed by atoms with Crippen LogP contribution in [0, 0.1) is 9.49 Å². The molecular formula is C12H15IO2. The summed E-state index contributed by atoms with van der Waals surface area (Å²) in [7, 11) is 0. The van der Waals surface area contributed by atoms with Gasteiger partial charge in [0.25, 0.3) is 0 Å². The van der Waals surface area contributed by atoms with E-state index >= 15 is 0 Å². The van der Waals surface area contributed by atoms with Crippen molar-refractivity contribution in [2.45, 2.75) is 20.3 Å². The predicted octanol–water partition coefficient (Wildman–Crippen LogP) is 3.03. The topological polar surface area (TPSA) is 26.3 Å². The minimum atomic E-state index is -0.114. The van der Waals surface area contributed by atoms with Crippen molar-refractivity contribution in [3.8, 4) is 0 Å². The maximum Gasteiger partial charge on any atom is 0.308 e. The monoisotopic (exact) mass is 318 g/mol. The molecule has 0 fully saturated rings. The Bertz CT molecular complexity index is 336. The average molecular weight is 318 g/mol. The lowest BCUT2D eigenvalue weighted by atomic mass is 10.0. The van der Waals surface area contributed by atoms with E-state index in [-0.39, 0.29) is 11.9 Å². The summed E-state index contributed by atoms with van der Waals surface area (Å²) in [6, 6.07) is 8.18. The highest BCUT2D eigenvalue weighted by atomic mass is 127. The molecule has 0 radical (unpaired) electrons. The van der Waals surface area contributed by atoms with Crippen molar-refractivity contribution >= 4 is 28.6 Å². The molecule has 0 aliphatic carbocycles. The molecule has 1 rings (SSSR count). The van der Waals surface area contributed by atoms with E-state index < -0.39 is 0 Å². The SMILES string of the molecule is CCOC(=O)[C@@H](C)Cc1cccc(I)c1. The molecule has 0 aromatic heterocycles. The van der Waals surface area contributed by atoms with Gasteiger partial charge in [-0.3, -0.25) is 4.79 Å². The number of ether oxygens (including phenoxy) is 1. The summed E-state index contributed by atoms with van der Waals surface area (Å²) in [6.45, 7) is 4.18. The number of rotatable bonds is 4. The van der Waals surface area contributed by atoms with Crippen molar-refractivity contribution in [1.82, 2.24) is 0 Å². The molecule has 0 bridgehead atoms. The summed E-state index contributed by atoms with van der Waals surface area (Å²) < 4.78 is 6.16. The van der Waals surface area contributed by atoms with E-state index in [1.54, 1.807) is 0 Å². The number of esters is 1. The smallest absolute Gasteiger partial charge is 0.308 e. The zero-order valence-electron chi connectivity index (χ0n) is 9.00. The van der Waals surface area contributed by atoms with Crippen LogP contribution >= 0.6 is 22.6 Å². The second kappa shape index (κ2) is 6.10. The van der Waals surface area contributed by atoms with E-state index in [1.165, 1.54) is 9.13 Å². The predicted molar refractivity (Wildman–Crippen MR) is 68.7 cm³/mol. The molecule has 1 atom stereocenters. The first-order valence-electron chi connectivity index (χ1n) is 5.04. The fourth-order valence-corrected chi connectivity index (χ4v) is 1.99. The quantitative estimate of drug-likeness (QED) is 0.630. The molecule has 0 amide bonds. The molecule has 0 aliphatic rings. The van der Waals surface area contributed by atoms with Gasteiger partial charge in [0.15, 0.2) is 0 Å². The van der Waals surface area contributed by atoms with Gasteiger partial charge in [0.05, 0.1) is 12.5 Å². The van der Waals surface area contributed by atoms with Crippen LogP contribution in [0.25, 0.3) is 0 Å². The van der Waals surface area contributed by atoms with Crippen LogP contribution in [0.1, 0.15) is 19.4 Å². The van der Waals surface area contributed by atoms with Crippen molar-refractivity contribution < 1.29 is 9.53 Å². The normalized spacial score (nSPS) is 12.2. The summed E-state index contributed by atoms with van der Waals surface area (Å²) in [5.41, 5.74) is 1.18. The Morgan fingerprint density at radius 3 is 2.87 bits per heavy atom. The lowest BCUT2D eigenvalue weighted by Gasteiger charge is -2.10. The second-order valence-electron chi connectivity index (χ2n) is 3.49. The van der Waals surface area contributed by atoms with Gasteiger partial charge in [-0.15, -0.1) is 0 Å². The molecule has 3 heteroatoms. The second-order valence-corrected chi connectivity index (χ2v) is 4.73. The fraction of sp³-hybridized carbons (Fsp3) is 0.417. The van der Waals surface area contributed by atoms with Crippen molar-refractivity contribution in [1.29, 1.82) is 0 Å². The maximum absolute atomic E-state index is 11.4. The van der Waals surface area contributed by atoms with Crippen LogP contribution in [0.2, 0.25) is 0 Å². The molecule has 0 saturated heterocycles. The van der Waals surface area contributed by atoms with Crippen molar-refractivity contribution in [3.05, 3.63) is 33.4 Å². The molecule has 15 heavy (non-hydrogen) atoms. The molecule has 0 unspecified atom stereocenters. The molecule has 1 aromatic carbocycles. The standard InChI is InChI=1S/C12H15IO2/c1-3-15-12(14)9(2)7-10-5-4-6-11(13)8-10/h4-6,8-9H,3,7H2,1-2H3/t9-/m0/s1. The van der Waals surface area contributed by atoms with Crippen LogP contribution in [0.4, 0.5) is 0 Å².